The summed E-state index contributed by atoms with van der Waals surface area (Å²) in [7, 11) is 0. The van der Waals surface area contributed by atoms with Crippen LogP contribution in [0.2, 0.25) is 0 Å². The van der Waals surface area contributed by atoms with Gasteiger partial charge in [-0.25, -0.2) is 4.79 Å². The van der Waals surface area contributed by atoms with Gasteiger partial charge in [-0.2, -0.15) is 0 Å². The van der Waals surface area contributed by atoms with Crippen molar-refractivity contribution in [2.45, 2.75) is 12.7 Å². The van der Waals surface area contributed by atoms with Crippen molar-refractivity contribution in [3.8, 4) is 0 Å². The van der Waals surface area contributed by atoms with Gasteiger partial charge in [0.2, 0.25) is 0 Å². The van der Waals surface area contributed by atoms with Crippen molar-refractivity contribution < 1.29 is 14.6 Å². The third kappa shape index (κ3) is 5.06. The van der Waals surface area contributed by atoms with Crippen LogP contribution in [0.5, 0.6) is 0 Å². The van der Waals surface area contributed by atoms with Crippen LogP contribution in [0.1, 0.15) is 5.56 Å². The minimum Gasteiger partial charge on any atom is -0.445 e. The van der Waals surface area contributed by atoms with E-state index in [1.807, 2.05) is 30.3 Å². The number of aliphatic hydroxyl groups is 1. The zero-order chi connectivity index (χ0) is 12.8. The van der Waals surface area contributed by atoms with Crippen LogP contribution in [0.25, 0.3) is 0 Å². The van der Waals surface area contributed by atoms with E-state index in [0.717, 1.165) is 12.1 Å². The summed E-state index contributed by atoms with van der Waals surface area (Å²) in [5.74, 6) is 0.0641. The maximum absolute atomic E-state index is 11.4. The Bertz CT molecular complexity index is 389. The lowest BCUT2D eigenvalue weighted by molar-refractivity contribution is 0.125. The molecule has 1 aromatic carbocycles. The Kier molecular flexibility index (Phi) is 6.62. The molecule has 1 saturated heterocycles. The first kappa shape index (κ1) is 15.8. The zero-order valence-corrected chi connectivity index (χ0v) is 11.4. The Morgan fingerprint density at radius 3 is 2.74 bits per heavy atom. The molecule has 1 aliphatic heterocycles. The minimum atomic E-state index is -0.446. The molecule has 1 heterocycles. The smallest absolute Gasteiger partial charge is 0.407 e. The van der Waals surface area contributed by atoms with Crippen LogP contribution in [0.15, 0.2) is 30.3 Å². The fourth-order valence-electron chi connectivity index (χ4n) is 1.92. The lowest BCUT2D eigenvalue weighted by atomic mass is 10.1. The third-order valence-corrected chi connectivity index (χ3v) is 3.03. The Morgan fingerprint density at radius 2 is 2.11 bits per heavy atom. The number of nitrogens with one attached hydrogen (secondary N) is 2. The summed E-state index contributed by atoms with van der Waals surface area (Å²) < 4.78 is 5.07. The highest BCUT2D eigenvalue weighted by molar-refractivity contribution is 5.85. The van der Waals surface area contributed by atoms with Crippen LogP contribution in [0.4, 0.5) is 4.79 Å². The normalized spacial score (nSPS) is 21.5. The fourth-order valence-corrected chi connectivity index (χ4v) is 1.92. The Labute approximate surface area is 118 Å². The molecule has 0 saturated carbocycles. The van der Waals surface area contributed by atoms with Gasteiger partial charge in [-0.05, 0) is 5.56 Å². The van der Waals surface area contributed by atoms with E-state index in [0.29, 0.717) is 13.1 Å². The van der Waals surface area contributed by atoms with Gasteiger partial charge >= 0.3 is 6.09 Å². The predicted molar refractivity (Wildman–Crippen MR) is 74.2 cm³/mol. The summed E-state index contributed by atoms with van der Waals surface area (Å²) in [5.41, 5.74) is 0.954. The highest BCUT2D eigenvalue weighted by atomic mass is 35.5. The quantitative estimate of drug-likeness (QED) is 0.770. The number of hydrogen-bond donors (Lipinski definition) is 3. The number of hydrogen-bond acceptors (Lipinski definition) is 4. The van der Waals surface area contributed by atoms with E-state index in [-0.39, 0.29) is 31.0 Å². The van der Waals surface area contributed by atoms with E-state index in [9.17, 15) is 9.90 Å². The first-order valence-corrected chi connectivity index (χ1v) is 6.09. The third-order valence-electron chi connectivity index (χ3n) is 3.03. The van der Waals surface area contributed by atoms with Gasteiger partial charge in [0, 0.05) is 25.6 Å². The molecule has 1 aromatic rings. The second-order valence-corrected chi connectivity index (χ2v) is 4.43. The van der Waals surface area contributed by atoms with Gasteiger partial charge in [0.05, 0.1) is 6.10 Å². The molecule has 0 spiro atoms. The Balaban J connectivity index is 0.00000180. The van der Waals surface area contributed by atoms with Crippen LogP contribution in [-0.4, -0.2) is 36.9 Å². The van der Waals surface area contributed by atoms with E-state index < -0.39 is 6.09 Å². The monoisotopic (exact) mass is 286 g/mol. The molecule has 3 N–H and O–H groups in total. The van der Waals surface area contributed by atoms with Crippen LogP contribution < -0.4 is 10.6 Å². The van der Waals surface area contributed by atoms with Gasteiger partial charge in [0.15, 0.2) is 0 Å². The average molecular weight is 287 g/mol. The number of carbonyl (C=O) groups is 1. The van der Waals surface area contributed by atoms with Gasteiger partial charge < -0.3 is 20.5 Å². The van der Waals surface area contributed by atoms with Crippen molar-refractivity contribution in [3.05, 3.63) is 35.9 Å². The number of halogens is 1. The maximum atomic E-state index is 11.4. The molecule has 2 atom stereocenters. The first-order valence-electron chi connectivity index (χ1n) is 6.09. The Morgan fingerprint density at radius 1 is 1.37 bits per heavy atom. The summed E-state index contributed by atoms with van der Waals surface area (Å²) in [6.45, 7) is 2.01. The average Bonchev–Trinajstić information content (AvgIpc) is 2.81. The van der Waals surface area contributed by atoms with Crippen molar-refractivity contribution in [2.24, 2.45) is 5.92 Å². The van der Waals surface area contributed by atoms with E-state index in [4.69, 9.17) is 4.74 Å². The summed E-state index contributed by atoms with van der Waals surface area (Å²) >= 11 is 0. The minimum absolute atomic E-state index is 0. The number of aliphatic hydroxyl groups excluding tert-OH is 1. The van der Waals surface area contributed by atoms with Crippen LogP contribution in [0, 0.1) is 5.92 Å². The van der Waals surface area contributed by atoms with Crippen LogP contribution >= 0.6 is 12.4 Å². The number of rotatable bonds is 4. The molecule has 1 fully saturated rings. The van der Waals surface area contributed by atoms with Gasteiger partial charge in [-0.15, -0.1) is 12.4 Å². The standard InChI is InChI=1S/C13H18N2O3.ClH/c16-12-8-14-6-11(12)7-15-13(17)18-9-10-4-2-1-3-5-10;/h1-5,11-12,14,16H,6-9H2,(H,15,17);1H/t11-,12+;/m0./s1. The van der Waals surface area contributed by atoms with E-state index in [1.54, 1.807) is 0 Å². The highest BCUT2D eigenvalue weighted by Gasteiger charge is 2.25. The van der Waals surface area contributed by atoms with E-state index >= 15 is 0 Å². The van der Waals surface area contributed by atoms with E-state index in [1.165, 1.54) is 0 Å². The van der Waals surface area contributed by atoms with Gasteiger partial charge in [0.1, 0.15) is 6.61 Å². The van der Waals surface area contributed by atoms with Crippen molar-refractivity contribution in [1.82, 2.24) is 10.6 Å². The molecule has 0 radical (unpaired) electrons. The highest BCUT2D eigenvalue weighted by Crippen LogP contribution is 2.07. The molecule has 1 amide bonds. The molecule has 6 heteroatoms. The Hall–Kier alpha value is -1.30. The number of benzene rings is 1. The lowest BCUT2D eigenvalue weighted by Crippen LogP contribution is -2.34. The molecule has 0 aliphatic carbocycles. The van der Waals surface area contributed by atoms with Crippen molar-refractivity contribution in [3.63, 3.8) is 0 Å². The second-order valence-electron chi connectivity index (χ2n) is 4.43. The second kappa shape index (κ2) is 7.99. The predicted octanol–water partition coefficient (Wildman–Crippen LogP) is 0.915. The molecular weight excluding hydrogens is 268 g/mol. The SMILES string of the molecule is Cl.O=C(NC[C@@H]1CNC[C@H]1O)OCc1ccccc1. The summed E-state index contributed by atoms with van der Waals surface area (Å²) in [5, 5.41) is 15.3. The molecule has 106 valence electrons. The summed E-state index contributed by atoms with van der Waals surface area (Å²) in [6, 6.07) is 9.52. The lowest BCUT2D eigenvalue weighted by Gasteiger charge is -2.14. The number of carbonyl (C=O) groups excluding carboxylic acids is 1. The molecule has 0 unspecified atom stereocenters. The van der Waals surface area contributed by atoms with Crippen LogP contribution in [-0.2, 0) is 11.3 Å². The number of β-amino-alcohol motifs (C(OH)–C–C–N with tert-alkyl or cyclic N) is 1. The summed E-state index contributed by atoms with van der Waals surface area (Å²) in [4.78, 5) is 11.4. The van der Waals surface area contributed by atoms with Crippen LogP contribution in [0.3, 0.4) is 0 Å². The fraction of sp³-hybridized carbons (Fsp3) is 0.462. The molecule has 5 nitrogen and oxygen atoms in total. The van der Waals surface area contributed by atoms with Gasteiger partial charge in [-0.1, -0.05) is 30.3 Å². The molecule has 19 heavy (non-hydrogen) atoms. The molecular formula is C13H19ClN2O3. The van der Waals surface area contributed by atoms with Gasteiger partial charge in [-0.3, -0.25) is 0 Å². The molecule has 0 bridgehead atoms. The van der Waals surface area contributed by atoms with Crippen molar-refractivity contribution in [2.75, 3.05) is 19.6 Å². The number of amides is 1. The van der Waals surface area contributed by atoms with Crippen molar-refractivity contribution in [1.29, 1.82) is 0 Å². The number of ether oxygens (including phenoxy) is 1. The molecule has 1 aliphatic rings. The molecule has 0 aromatic heterocycles. The molecule has 2 rings (SSSR count). The number of alkyl carbamates (subject to hydrolysis) is 1. The zero-order valence-electron chi connectivity index (χ0n) is 10.5. The van der Waals surface area contributed by atoms with E-state index in [2.05, 4.69) is 10.6 Å². The maximum Gasteiger partial charge on any atom is 0.407 e. The largest absolute Gasteiger partial charge is 0.445 e. The summed E-state index contributed by atoms with van der Waals surface area (Å²) in [6.07, 6.45) is -0.836. The first-order chi connectivity index (χ1) is 8.75. The topological polar surface area (TPSA) is 70.6 Å². The van der Waals surface area contributed by atoms with Gasteiger partial charge in [0.25, 0.3) is 0 Å². The van der Waals surface area contributed by atoms with Crippen molar-refractivity contribution >= 4 is 18.5 Å².